The number of ether oxygens (including phenoxy) is 2. The smallest absolute Gasteiger partial charge is 0.157 e. The second-order valence-corrected chi connectivity index (χ2v) is 6.22. The predicted molar refractivity (Wildman–Crippen MR) is 95.0 cm³/mol. The summed E-state index contributed by atoms with van der Waals surface area (Å²) in [5.74, 6) is 5.52. The van der Waals surface area contributed by atoms with Gasteiger partial charge in [-0.2, -0.15) is 0 Å². The normalized spacial score (nSPS) is 20.8. The predicted octanol–water partition coefficient (Wildman–Crippen LogP) is 4.37. The Kier molecular flexibility index (Phi) is 10.7. The molecular formula is C20H32O3. The number of hydrogen-bond acceptors (Lipinski definition) is 3. The Morgan fingerprint density at radius 2 is 2.04 bits per heavy atom. The van der Waals surface area contributed by atoms with Crippen LogP contribution in [-0.2, 0) is 9.47 Å². The molecule has 1 fully saturated rings. The van der Waals surface area contributed by atoms with Crippen molar-refractivity contribution in [3.8, 4) is 11.8 Å². The summed E-state index contributed by atoms with van der Waals surface area (Å²) in [6, 6.07) is 0. The third-order valence-corrected chi connectivity index (χ3v) is 4.01. The number of allylic oxidation sites excluding steroid dienone is 3. The third kappa shape index (κ3) is 10.3. The zero-order valence-corrected chi connectivity index (χ0v) is 14.9. The van der Waals surface area contributed by atoms with Crippen molar-refractivity contribution in [1.29, 1.82) is 0 Å². The number of rotatable bonds is 9. The SMILES string of the molecule is CC#CC(O)CCC(C)=CCCC(C)=CCOC1CCCCO1. The van der Waals surface area contributed by atoms with E-state index in [1.165, 1.54) is 17.6 Å². The third-order valence-electron chi connectivity index (χ3n) is 4.01. The van der Waals surface area contributed by atoms with Crippen LogP contribution in [0.4, 0.5) is 0 Å². The van der Waals surface area contributed by atoms with Crippen molar-refractivity contribution < 1.29 is 14.6 Å². The second-order valence-electron chi connectivity index (χ2n) is 6.22. The molecule has 3 heteroatoms. The van der Waals surface area contributed by atoms with Gasteiger partial charge in [-0.25, -0.2) is 0 Å². The Morgan fingerprint density at radius 3 is 2.74 bits per heavy atom. The first kappa shape index (κ1) is 20.0. The topological polar surface area (TPSA) is 38.7 Å². The van der Waals surface area contributed by atoms with Crippen LogP contribution in [0.15, 0.2) is 23.3 Å². The minimum atomic E-state index is -0.496. The molecule has 1 heterocycles. The van der Waals surface area contributed by atoms with Crippen molar-refractivity contribution in [3.05, 3.63) is 23.3 Å². The van der Waals surface area contributed by atoms with Crippen molar-refractivity contribution in [3.63, 3.8) is 0 Å². The largest absolute Gasteiger partial charge is 0.380 e. The van der Waals surface area contributed by atoms with Gasteiger partial charge in [-0.15, -0.1) is 5.92 Å². The molecule has 2 atom stereocenters. The maximum atomic E-state index is 9.58. The summed E-state index contributed by atoms with van der Waals surface area (Å²) in [6.07, 6.45) is 11.0. The standard InChI is InChI=1S/C20H32O3/c1-4-8-19(21)13-12-17(2)9-7-10-18(3)14-16-23-20-11-5-6-15-22-20/h9,14,19-21H,5-7,10-13,15-16H2,1-3H3. The molecule has 1 aliphatic heterocycles. The summed E-state index contributed by atoms with van der Waals surface area (Å²) in [5.41, 5.74) is 2.67. The van der Waals surface area contributed by atoms with E-state index < -0.39 is 6.10 Å². The van der Waals surface area contributed by atoms with Gasteiger partial charge in [0.15, 0.2) is 6.29 Å². The van der Waals surface area contributed by atoms with Gasteiger partial charge in [0.05, 0.1) is 6.61 Å². The highest BCUT2D eigenvalue weighted by Crippen LogP contribution is 2.15. The highest BCUT2D eigenvalue weighted by Gasteiger charge is 2.12. The number of hydrogen-bond donors (Lipinski definition) is 1. The van der Waals surface area contributed by atoms with E-state index in [1.807, 2.05) is 0 Å². The highest BCUT2D eigenvalue weighted by atomic mass is 16.7. The molecular weight excluding hydrogens is 288 g/mol. The summed E-state index contributed by atoms with van der Waals surface area (Å²) in [5, 5.41) is 9.58. The van der Waals surface area contributed by atoms with Crippen LogP contribution < -0.4 is 0 Å². The summed E-state index contributed by atoms with van der Waals surface area (Å²) in [4.78, 5) is 0. The molecule has 0 radical (unpaired) electrons. The molecule has 1 N–H and O–H groups in total. The lowest BCUT2D eigenvalue weighted by Crippen LogP contribution is -2.22. The molecule has 0 aromatic rings. The van der Waals surface area contributed by atoms with Crippen LogP contribution in [-0.4, -0.2) is 30.7 Å². The minimum absolute atomic E-state index is 0.00686. The molecule has 23 heavy (non-hydrogen) atoms. The Bertz CT molecular complexity index is 434. The molecule has 3 nitrogen and oxygen atoms in total. The second kappa shape index (κ2) is 12.4. The zero-order chi connectivity index (χ0) is 16.9. The average molecular weight is 320 g/mol. The molecule has 0 aliphatic carbocycles. The first-order chi connectivity index (χ1) is 11.1. The summed E-state index contributed by atoms with van der Waals surface area (Å²) in [6.45, 7) is 7.49. The van der Waals surface area contributed by atoms with Crippen molar-refractivity contribution >= 4 is 0 Å². The molecule has 130 valence electrons. The van der Waals surface area contributed by atoms with Gasteiger partial charge in [0.25, 0.3) is 0 Å². The first-order valence-electron chi connectivity index (χ1n) is 8.76. The molecule has 1 rings (SSSR count). The lowest BCUT2D eigenvalue weighted by Gasteiger charge is -2.22. The Labute approximate surface area is 141 Å². The van der Waals surface area contributed by atoms with Gasteiger partial charge in [0, 0.05) is 6.61 Å². The van der Waals surface area contributed by atoms with Crippen molar-refractivity contribution in [1.82, 2.24) is 0 Å². The maximum absolute atomic E-state index is 9.58. The van der Waals surface area contributed by atoms with Crippen molar-refractivity contribution in [2.24, 2.45) is 0 Å². The number of aliphatic hydroxyl groups is 1. The van der Waals surface area contributed by atoms with Crippen molar-refractivity contribution in [2.45, 2.75) is 78.1 Å². The fourth-order valence-corrected chi connectivity index (χ4v) is 2.49. The van der Waals surface area contributed by atoms with E-state index in [1.54, 1.807) is 6.92 Å². The molecule has 0 aromatic carbocycles. The monoisotopic (exact) mass is 320 g/mol. The first-order valence-corrected chi connectivity index (χ1v) is 8.76. The van der Waals surface area contributed by atoms with E-state index in [9.17, 15) is 5.11 Å². The molecule has 0 aromatic heterocycles. The molecule has 1 aliphatic rings. The summed E-state index contributed by atoms with van der Waals surface area (Å²) in [7, 11) is 0. The Hall–Kier alpha value is -1.08. The lowest BCUT2D eigenvalue weighted by atomic mass is 10.1. The molecule has 2 unspecified atom stereocenters. The van der Waals surface area contributed by atoms with Crippen LogP contribution in [0.25, 0.3) is 0 Å². The van der Waals surface area contributed by atoms with Crippen LogP contribution in [0, 0.1) is 11.8 Å². The summed E-state index contributed by atoms with van der Waals surface area (Å²) >= 11 is 0. The van der Waals surface area contributed by atoms with E-state index in [0.717, 1.165) is 38.7 Å². The van der Waals surface area contributed by atoms with Gasteiger partial charge >= 0.3 is 0 Å². The van der Waals surface area contributed by atoms with Gasteiger partial charge in [-0.3, -0.25) is 0 Å². The maximum Gasteiger partial charge on any atom is 0.157 e. The fourth-order valence-electron chi connectivity index (χ4n) is 2.49. The van der Waals surface area contributed by atoms with E-state index in [2.05, 4.69) is 37.8 Å². The quantitative estimate of drug-likeness (QED) is 0.506. The van der Waals surface area contributed by atoms with Crippen LogP contribution in [0.1, 0.15) is 65.7 Å². The van der Waals surface area contributed by atoms with Crippen molar-refractivity contribution in [2.75, 3.05) is 13.2 Å². The van der Waals surface area contributed by atoms with E-state index >= 15 is 0 Å². The van der Waals surface area contributed by atoms with Crippen LogP contribution in [0.3, 0.4) is 0 Å². The molecule has 0 spiro atoms. The Morgan fingerprint density at radius 1 is 1.26 bits per heavy atom. The van der Waals surface area contributed by atoms with Crippen LogP contribution >= 0.6 is 0 Å². The highest BCUT2D eigenvalue weighted by molar-refractivity contribution is 5.06. The fraction of sp³-hybridized carbons (Fsp3) is 0.700. The minimum Gasteiger partial charge on any atom is -0.380 e. The van der Waals surface area contributed by atoms with E-state index in [-0.39, 0.29) is 6.29 Å². The van der Waals surface area contributed by atoms with Gasteiger partial charge in [0.2, 0.25) is 0 Å². The average Bonchev–Trinajstić information content (AvgIpc) is 2.54. The van der Waals surface area contributed by atoms with Gasteiger partial charge in [-0.05, 0) is 65.7 Å². The molecule has 0 bridgehead atoms. The lowest BCUT2D eigenvalue weighted by molar-refractivity contribution is -0.155. The molecule has 1 saturated heterocycles. The number of aliphatic hydroxyl groups excluding tert-OH is 1. The van der Waals surface area contributed by atoms with E-state index in [4.69, 9.17) is 9.47 Å². The van der Waals surface area contributed by atoms with Crippen LogP contribution in [0.5, 0.6) is 0 Å². The zero-order valence-electron chi connectivity index (χ0n) is 14.9. The molecule has 0 amide bonds. The summed E-state index contributed by atoms with van der Waals surface area (Å²) < 4.78 is 11.3. The van der Waals surface area contributed by atoms with Gasteiger partial charge < -0.3 is 14.6 Å². The Balaban J connectivity index is 2.15. The van der Waals surface area contributed by atoms with Gasteiger partial charge in [-0.1, -0.05) is 29.2 Å². The van der Waals surface area contributed by atoms with Crippen LogP contribution in [0.2, 0.25) is 0 Å². The van der Waals surface area contributed by atoms with E-state index in [0.29, 0.717) is 13.0 Å². The molecule has 0 saturated carbocycles. The van der Waals surface area contributed by atoms with Gasteiger partial charge in [0.1, 0.15) is 6.10 Å².